The van der Waals surface area contributed by atoms with Crippen LogP contribution in [0.1, 0.15) is 37.4 Å². The minimum absolute atomic E-state index is 0.00175. The number of fused-ring (bicyclic) bond motifs is 4. The molecule has 0 saturated heterocycles. The molecule has 2 N–H and O–H groups in total. The number of benzene rings is 1. The number of allylic oxidation sites excluding steroid dienone is 3. The van der Waals surface area contributed by atoms with Crippen LogP contribution in [0.3, 0.4) is 0 Å². The predicted octanol–water partition coefficient (Wildman–Crippen LogP) is 5.45. The maximum absolute atomic E-state index is 13.6. The first-order valence-electron chi connectivity index (χ1n) is 10.7. The van der Waals surface area contributed by atoms with Crippen molar-refractivity contribution in [2.24, 2.45) is 28.9 Å². The zero-order valence-electron chi connectivity index (χ0n) is 17.3. The number of alkyl halides is 3. The largest absolute Gasteiger partial charge is 0.392 e. The fourth-order valence-corrected chi connectivity index (χ4v) is 6.04. The van der Waals surface area contributed by atoms with E-state index in [0.717, 1.165) is 28.9 Å². The number of nitrogens with zero attached hydrogens (tertiary/aromatic N) is 2. The van der Waals surface area contributed by atoms with E-state index >= 15 is 0 Å². The molecule has 1 unspecified atom stereocenters. The topological polar surface area (TPSA) is 43.8 Å². The Morgan fingerprint density at radius 3 is 2.65 bits per heavy atom. The number of hydrogen-bond donors (Lipinski definition) is 1. The van der Waals surface area contributed by atoms with Crippen LogP contribution in [-0.2, 0) is 6.42 Å². The third-order valence-corrected chi connectivity index (χ3v) is 7.60. The summed E-state index contributed by atoms with van der Waals surface area (Å²) in [4.78, 5) is 0. The van der Waals surface area contributed by atoms with Gasteiger partial charge in [0, 0.05) is 5.41 Å². The monoisotopic (exact) mass is 431 g/mol. The molecule has 3 aliphatic rings. The van der Waals surface area contributed by atoms with Crippen LogP contribution < -0.4 is 5.73 Å². The molecule has 4 atom stereocenters. The number of hydrogen-bond acceptors (Lipinski definition) is 2. The van der Waals surface area contributed by atoms with E-state index in [1.165, 1.54) is 17.7 Å². The maximum Gasteiger partial charge on any atom is 0.392 e. The second kappa shape index (κ2) is 7.05. The average molecular weight is 431 g/mol. The summed E-state index contributed by atoms with van der Waals surface area (Å²) in [6, 6.07) is 6.20. The Bertz CT molecular complexity index is 1060. The molecule has 0 bridgehead atoms. The van der Waals surface area contributed by atoms with Gasteiger partial charge < -0.3 is 5.73 Å². The van der Waals surface area contributed by atoms with E-state index in [1.54, 1.807) is 12.1 Å². The summed E-state index contributed by atoms with van der Waals surface area (Å²) in [5.41, 5.74) is 10.7. The summed E-state index contributed by atoms with van der Waals surface area (Å²) in [7, 11) is 0. The predicted molar refractivity (Wildman–Crippen MR) is 111 cm³/mol. The molecule has 1 aromatic carbocycles. The molecule has 5 rings (SSSR count). The molecule has 3 aliphatic carbocycles. The molecule has 0 radical (unpaired) electrons. The van der Waals surface area contributed by atoms with Gasteiger partial charge in [0.05, 0.1) is 23.5 Å². The lowest BCUT2D eigenvalue weighted by atomic mass is 9.54. The molecule has 1 heterocycles. The van der Waals surface area contributed by atoms with Crippen molar-refractivity contribution in [2.45, 2.75) is 38.8 Å². The van der Waals surface area contributed by atoms with E-state index < -0.39 is 18.0 Å². The highest BCUT2D eigenvalue weighted by atomic mass is 19.4. The van der Waals surface area contributed by atoms with Gasteiger partial charge in [-0.2, -0.15) is 18.3 Å². The highest BCUT2D eigenvalue weighted by Gasteiger charge is 2.53. The Kier molecular flexibility index (Phi) is 4.66. The standard InChI is InChI=1S/C24H25F4N3/c1-23-11-14-13-30-31(17-5-3-16(25)4-6-17)22(14)10-15(23)2-7-18-19(12-29)21(24(26,27)28)9-8-20(18)23/h3-6,8,10,13,18-19,21H,2,7,9,11-12,29H2,1H3/t18?,19-,21-,23+/m1/s1. The third kappa shape index (κ3) is 3.16. The van der Waals surface area contributed by atoms with Crippen LogP contribution in [0.2, 0.25) is 0 Å². The van der Waals surface area contributed by atoms with Crippen molar-refractivity contribution in [2.75, 3.05) is 6.54 Å². The number of rotatable bonds is 2. The molecule has 164 valence electrons. The molecule has 0 spiro atoms. The molecule has 1 fully saturated rings. The quantitative estimate of drug-likeness (QED) is 0.508. The zero-order chi connectivity index (χ0) is 22.0. The van der Waals surface area contributed by atoms with Gasteiger partial charge in [-0.25, -0.2) is 9.07 Å². The van der Waals surface area contributed by atoms with Gasteiger partial charge in [0.15, 0.2) is 0 Å². The van der Waals surface area contributed by atoms with Gasteiger partial charge in [-0.3, -0.25) is 0 Å². The second-order valence-electron chi connectivity index (χ2n) is 9.21. The minimum Gasteiger partial charge on any atom is -0.330 e. The van der Waals surface area contributed by atoms with Crippen LogP contribution in [0.25, 0.3) is 11.8 Å². The van der Waals surface area contributed by atoms with Crippen molar-refractivity contribution in [3.05, 3.63) is 64.8 Å². The van der Waals surface area contributed by atoms with Crippen molar-refractivity contribution < 1.29 is 17.6 Å². The van der Waals surface area contributed by atoms with Crippen molar-refractivity contribution >= 4 is 6.08 Å². The summed E-state index contributed by atoms with van der Waals surface area (Å²) in [6.07, 6.45) is 3.71. The summed E-state index contributed by atoms with van der Waals surface area (Å²) >= 11 is 0. The van der Waals surface area contributed by atoms with E-state index in [4.69, 9.17) is 5.73 Å². The van der Waals surface area contributed by atoms with E-state index in [9.17, 15) is 17.6 Å². The Morgan fingerprint density at radius 2 is 1.97 bits per heavy atom. The SMILES string of the molecule is C[C@]12Cc3cnn(-c4ccc(F)cc4)c3C=C1CCC1C2=CC[C@@H](C(F)(F)F)[C@@H]1CN. The van der Waals surface area contributed by atoms with Crippen molar-refractivity contribution in [1.82, 2.24) is 9.78 Å². The van der Waals surface area contributed by atoms with E-state index in [2.05, 4.69) is 18.1 Å². The van der Waals surface area contributed by atoms with Gasteiger partial charge in [-0.15, -0.1) is 0 Å². The summed E-state index contributed by atoms with van der Waals surface area (Å²) in [5, 5.41) is 4.53. The molecule has 1 aromatic heterocycles. The molecule has 0 amide bonds. The number of nitrogens with two attached hydrogens (primary N) is 1. The maximum atomic E-state index is 13.6. The summed E-state index contributed by atoms with van der Waals surface area (Å²) in [6.45, 7) is 2.20. The number of halogens is 4. The van der Waals surface area contributed by atoms with E-state index in [-0.39, 0.29) is 30.1 Å². The molecule has 1 saturated carbocycles. The van der Waals surface area contributed by atoms with Crippen LogP contribution in [0.5, 0.6) is 0 Å². The average Bonchev–Trinajstić information content (AvgIpc) is 3.13. The minimum atomic E-state index is -4.22. The van der Waals surface area contributed by atoms with E-state index in [0.29, 0.717) is 12.8 Å². The van der Waals surface area contributed by atoms with Gasteiger partial charge in [-0.1, -0.05) is 24.1 Å². The van der Waals surface area contributed by atoms with Gasteiger partial charge >= 0.3 is 6.18 Å². The van der Waals surface area contributed by atoms with Crippen LogP contribution in [-0.4, -0.2) is 22.5 Å². The smallest absolute Gasteiger partial charge is 0.330 e. The van der Waals surface area contributed by atoms with Crippen LogP contribution in [0.4, 0.5) is 17.6 Å². The second-order valence-corrected chi connectivity index (χ2v) is 9.21. The summed E-state index contributed by atoms with van der Waals surface area (Å²) < 4.78 is 56.0. The van der Waals surface area contributed by atoms with Gasteiger partial charge in [0.2, 0.25) is 0 Å². The Balaban J connectivity index is 1.54. The first-order valence-corrected chi connectivity index (χ1v) is 10.7. The number of aromatic nitrogens is 2. The lowest BCUT2D eigenvalue weighted by Gasteiger charge is -2.51. The molecule has 3 nitrogen and oxygen atoms in total. The third-order valence-electron chi connectivity index (χ3n) is 7.60. The van der Waals surface area contributed by atoms with Crippen LogP contribution in [0, 0.1) is 29.0 Å². The summed E-state index contributed by atoms with van der Waals surface area (Å²) in [5.74, 6) is -2.37. The Labute approximate surface area is 178 Å². The van der Waals surface area contributed by atoms with Crippen LogP contribution in [0.15, 0.2) is 47.7 Å². The van der Waals surface area contributed by atoms with Gasteiger partial charge in [-0.05, 0) is 80.0 Å². The lowest BCUT2D eigenvalue weighted by Crippen LogP contribution is -2.47. The first-order chi connectivity index (χ1) is 14.7. The first kappa shape index (κ1) is 20.5. The van der Waals surface area contributed by atoms with Crippen LogP contribution >= 0.6 is 0 Å². The molecule has 0 aliphatic heterocycles. The van der Waals surface area contributed by atoms with Crippen molar-refractivity contribution in [3.63, 3.8) is 0 Å². The molecule has 31 heavy (non-hydrogen) atoms. The highest BCUT2D eigenvalue weighted by Crippen LogP contribution is 2.58. The Morgan fingerprint density at radius 1 is 1.23 bits per heavy atom. The molecule has 2 aromatic rings. The molecular formula is C24H25F4N3. The fraction of sp³-hybridized carbons (Fsp3) is 0.458. The zero-order valence-corrected chi connectivity index (χ0v) is 17.3. The van der Waals surface area contributed by atoms with Crippen molar-refractivity contribution in [3.8, 4) is 5.69 Å². The van der Waals surface area contributed by atoms with Gasteiger partial charge in [0.1, 0.15) is 5.82 Å². The highest BCUT2D eigenvalue weighted by molar-refractivity contribution is 5.63. The fourth-order valence-electron chi connectivity index (χ4n) is 6.04. The Hall–Kier alpha value is -2.41. The normalized spacial score (nSPS) is 30.1. The van der Waals surface area contributed by atoms with E-state index in [1.807, 2.05) is 17.0 Å². The van der Waals surface area contributed by atoms with Gasteiger partial charge in [0.25, 0.3) is 0 Å². The van der Waals surface area contributed by atoms with Crippen molar-refractivity contribution in [1.29, 1.82) is 0 Å². The molecule has 7 heteroatoms. The lowest BCUT2D eigenvalue weighted by molar-refractivity contribution is -0.193. The molecular weight excluding hydrogens is 406 g/mol.